The van der Waals surface area contributed by atoms with Crippen molar-refractivity contribution in [2.45, 2.75) is 20.3 Å². The Labute approximate surface area is 114 Å². The Hall–Kier alpha value is -1.75. The van der Waals surface area contributed by atoms with E-state index in [0.29, 0.717) is 0 Å². The first kappa shape index (κ1) is 13.7. The Bertz CT molecular complexity index is 520. The first-order chi connectivity index (χ1) is 9.22. The van der Waals surface area contributed by atoms with Gasteiger partial charge >= 0.3 is 0 Å². The van der Waals surface area contributed by atoms with Crippen LogP contribution in [0, 0.1) is 0 Å². The quantitative estimate of drug-likeness (QED) is 0.669. The first-order valence-corrected chi connectivity index (χ1v) is 6.94. The zero-order valence-electron chi connectivity index (χ0n) is 11.7. The second-order valence-corrected chi connectivity index (χ2v) is 4.72. The Morgan fingerprint density at radius 2 is 2.16 bits per heavy atom. The molecule has 0 radical (unpaired) electrons. The van der Waals surface area contributed by atoms with Crippen molar-refractivity contribution in [3.8, 4) is 0 Å². The van der Waals surface area contributed by atoms with Crippen LogP contribution in [0.25, 0.3) is 11.0 Å². The highest BCUT2D eigenvalue weighted by molar-refractivity contribution is 5.80. The minimum atomic E-state index is 0.753. The molecule has 2 rings (SSSR count). The third-order valence-corrected chi connectivity index (χ3v) is 3.21. The van der Waals surface area contributed by atoms with E-state index in [1.54, 1.807) is 0 Å². The summed E-state index contributed by atoms with van der Waals surface area (Å²) in [5, 5.41) is 3.33. The number of nitrogens with zero attached hydrogens (tertiary/aromatic N) is 2. The van der Waals surface area contributed by atoms with Gasteiger partial charge in [-0.3, -0.25) is 0 Å². The molecule has 1 aromatic heterocycles. The van der Waals surface area contributed by atoms with Gasteiger partial charge in [-0.1, -0.05) is 13.8 Å². The van der Waals surface area contributed by atoms with Crippen LogP contribution in [0.3, 0.4) is 0 Å². The number of nitrogens with one attached hydrogen (secondary N) is 2. The van der Waals surface area contributed by atoms with Gasteiger partial charge in [0.15, 0.2) is 0 Å². The SMILES string of the molecule is CCCN(CC)CCNc1nc2ccc(N)cc2[nH]1. The van der Waals surface area contributed by atoms with Crippen molar-refractivity contribution in [1.82, 2.24) is 14.9 Å². The summed E-state index contributed by atoms with van der Waals surface area (Å²) in [6, 6.07) is 5.71. The van der Waals surface area contributed by atoms with Crippen molar-refractivity contribution in [1.29, 1.82) is 0 Å². The Morgan fingerprint density at radius 3 is 2.89 bits per heavy atom. The van der Waals surface area contributed by atoms with E-state index >= 15 is 0 Å². The van der Waals surface area contributed by atoms with Crippen molar-refractivity contribution in [3.63, 3.8) is 0 Å². The van der Waals surface area contributed by atoms with Gasteiger partial charge in [0.2, 0.25) is 5.95 Å². The summed E-state index contributed by atoms with van der Waals surface area (Å²) >= 11 is 0. The molecule has 0 saturated carbocycles. The summed E-state index contributed by atoms with van der Waals surface area (Å²) < 4.78 is 0. The van der Waals surface area contributed by atoms with E-state index in [4.69, 9.17) is 5.73 Å². The van der Waals surface area contributed by atoms with E-state index < -0.39 is 0 Å². The van der Waals surface area contributed by atoms with Gasteiger partial charge in [0.25, 0.3) is 0 Å². The van der Waals surface area contributed by atoms with Crippen LogP contribution in [-0.4, -0.2) is 41.0 Å². The largest absolute Gasteiger partial charge is 0.399 e. The van der Waals surface area contributed by atoms with Crippen LogP contribution in [0.4, 0.5) is 11.6 Å². The zero-order valence-corrected chi connectivity index (χ0v) is 11.7. The lowest BCUT2D eigenvalue weighted by Crippen LogP contribution is -2.29. The average molecular weight is 261 g/mol. The standard InChI is InChI=1S/C14H23N5/c1-3-8-19(4-2)9-7-16-14-17-12-6-5-11(15)10-13(12)18-14/h5-6,10H,3-4,7-9,15H2,1-2H3,(H2,16,17,18). The number of nitrogens with two attached hydrogens (primary N) is 1. The van der Waals surface area contributed by atoms with Gasteiger partial charge in [-0.05, 0) is 37.7 Å². The number of likely N-dealkylation sites (N-methyl/N-ethyl adjacent to an activating group) is 1. The number of anilines is 2. The van der Waals surface area contributed by atoms with Gasteiger partial charge in [0, 0.05) is 18.8 Å². The Morgan fingerprint density at radius 1 is 1.32 bits per heavy atom. The van der Waals surface area contributed by atoms with Crippen LogP contribution in [0.5, 0.6) is 0 Å². The summed E-state index contributed by atoms with van der Waals surface area (Å²) in [5.41, 5.74) is 8.42. The molecule has 0 aliphatic rings. The van der Waals surface area contributed by atoms with Crippen molar-refractivity contribution in [2.75, 3.05) is 37.2 Å². The average Bonchev–Trinajstić information content (AvgIpc) is 2.79. The number of nitrogen functional groups attached to an aromatic ring is 1. The molecule has 0 fully saturated rings. The van der Waals surface area contributed by atoms with E-state index in [9.17, 15) is 0 Å². The molecule has 1 aromatic carbocycles. The Kier molecular flexibility index (Phi) is 4.63. The number of H-pyrrole nitrogens is 1. The number of hydrogen-bond acceptors (Lipinski definition) is 4. The third kappa shape index (κ3) is 3.61. The maximum atomic E-state index is 5.75. The molecule has 5 heteroatoms. The molecule has 19 heavy (non-hydrogen) atoms. The van der Waals surface area contributed by atoms with Gasteiger partial charge in [-0.25, -0.2) is 4.98 Å². The molecule has 104 valence electrons. The molecule has 0 bridgehead atoms. The maximum Gasteiger partial charge on any atom is 0.201 e. The van der Waals surface area contributed by atoms with E-state index in [-0.39, 0.29) is 0 Å². The lowest BCUT2D eigenvalue weighted by molar-refractivity contribution is 0.300. The van der Waals surface area contributed by atoms with Gasteiger partial charge < -0.3 is 20.9 Å². The van der Waals surface area contributed by atoms with Gasteiger partial charge in [0.05, 0.1) is 11.0 Å². The minimum absolute atomic E-state index is 0.753. The molecule has 0 aliphatic heterocycles. The molecule has 0 spiro atoms. The zero-order chi connectivity index (χ0) is 13.7. The van der Waals surface area contributed by atoms with Crippen molar-refractivity contribution < 1.29 is 0 Å². The maximum absolute atomic E-state index is 5.75. The van der Waals surface area contributed by atoms with Gasteiger partial charge in [-0.2, -0.15) is 0 Å². The highest BCUT2D eigenvalue weighted by Crippen LogP contribution is 2.16. The molecular formula is C14H23N5. The second-order valence-electron chi connectivity index (χ2n) is 4.72. The fourth-order valence-electron chi connectivity index (χ4n) is 2.19. The van der Waals surface area contributed by atoms with Crippen molar-refractivity contribution in [2.24, 2.45) is 0 Å². The first-order valence-electron chi connectivity index (χ1n) is 6.94. The topological polar surface area (TPSA) is 70.0 Å². The van der Waals surface area contributed by atoms with E-state index in [0.717, 1.165) is 48.8 Å². The van der Waals surface area contributed by atoms with Crippen LogP contribution in [0.1, 0.15) is 20.3 Å². The smallest absolute Gasteiger partial charge is 0.201 e. The summed E-state index contributed by atoms with van der Waals surface area (Å²) in [7, 11) is 0. The van der Waals surface area contributed by atoms with E-state index in [1.165, 1.54) is 6.42 Å². The van der Waals surface area contributed by atoms with Gasteiger partial charge in [0.1, 0.15) is 0 Å². The van der Waals surface area contributed by atoms with Crippen LogP contribution in [0.2, 0.25) is 0 Å². The lowest BCUT2D eigenvalue weighted by Gasteiger charge is -2.19. The second kappa shape index (κ2) is 6.43. The minimum Gasteiger partial charge on any atom is -0.399 e. The number of rotatable bonds is 7. The van der Waals surface area contributed by atoms with Crippen molar-refractivity contribution in [3.05, 3.63) is 18.2 Å². The molecule has 1 heterocycles. The molecule has 0 aliphatic carbocycles. The summed E-state index contributed by atoms with van der Waals surface area (Å²) in [6.07, 6.45) is 1.19. The molecule has 0 amide bonds. The highest BCUT2D eigenvalue weighted by atomic mass is 15.2. The number of hydrogen-bond donors (Lipinski definition) is 3. The van der Waals surface area contributed by atoms with E-state index in [2.05, 4.69) is 34.0 Å². The van der Waals surface area contributed by atoms with Crippen LogP contribution >= 0.6 is 0 Å². The predicted octanol–water partition coefficient (Wildman–Crippen LogP) is 2.29. The van der Waals surface area contributed by atoms with Crippen LogP contribution in [0.15, 0.2) is 18.2 Å². The molecule has 4 N–H and O–H groups in total. The lowest BCUT2D eigenvalue weighted by atomic mass is 10.3. The fraction of sp³-hybridized carbons (Fsp3) is 0.500. The normalized spacial score (nSPS) is 11.3. The fourth-order valence-corrected chi connectivity index (χ4v) is 2.19. The predicted molar refractivity (Wildman–Crippen MR) is 81.4 cm³/mol. The highest BCUT2D eigenvalue weighted by Gasteiger charge is 2.04. The molecule has 2 aromatic rings. The molecular weight excluding hydrogens is 238 g/mol. The van der Waals surface area contributed by atoms with Crippen LogP contribution < -0.4 is 11.1 Å². The third-order valence-electron chi connectivity index (χ3n) is 3.21. The van der Waals surface area contributed by atoms with Crippen LogP contribution in [-0.2, 0) is 0 Å². The van der Waals surface area contributed by atoms with Gasteiger partial charge in [-0.15, -0.1) is 0 Å². The summed E-state index contributed by atoms with van der Waals surface area (Å²) in [4.78, 5) is 10.1. The number of fused-ring (bicyclic) bond motifs is 1. The Balaban J connectivity index is 1.91. The monoisotopic (exact) mass is 261 g/mol. The molecule has 0 unspecified atom stereocenters. The molecule has 0 atom stereocenters. The number of aromatic nitrogens is 2. The molecule has 0 saturated heterocycles. The number of aromatic amines is 1. The summed E-state index contributed by atoms with van der Waals surface area (Å²) in [6.45, 7) is 8.56. The summed E-state index contributed by atoms with van der Waals surface area (Å²) in [5.74, 6) is 0.813. The number of imidazole rings is 1. The number of benzene rings is 1. The molecule has 5 nitrogen and oxygen atoms in total. The van der Waals surface area contributed by atoms with E-state index in [1.807, 2.05) is 18.2 Å². The van der Waals surface area contributed by atoms with Crippen molar-refractivity contribution >= 4 is 22.7 Å².